The van der Waals surface area contributed by atoms with Crippen molar-refractivity contribution in [3.8, 4) is 11.3 Å². The van der Waals surface area contributed by atoms with Gasteiger partial charge in [0.2, 0.25) is 0 Å². The van der Waals surface area contributed by atoms with Crippen molar-refractivity contribution < 1.29 is 14.3 Å². The van der Waals surface area contributed by atoms with E-state index in [1.807, 2.05) is 73.3 Å². The van der Waals surface area contributed by atoms with Gasteiger partial charge in [0, 0.05) is 34.0 Å². The van der Waals surface area contributed by atoms with Gasteiger partial charge < -0.3 is 14.8 Å². The van der Waals surface area contributed by atoms with Crippen LogP contribution in [0.2, 0.25) is 0 Å². The van der Waals surface area contributed by atoms with Crippen LogP contribution < -0.4 is 10.7 Å². The molecule has 4 aromatic carbocycles. The van der Waals surface area contributed by atoms with Gasteiger partial charge in [-0.3, -0.25) is 9.48 Å². The van der Waals surface area contributed by atoms with E-state index in [4.69, 9.17) is 9.52 Å². The second-order valence-electron chi connectivity index (χ2n) is 10.4. The van der Waals surface area contributed by atoms with Crippen LogP contribution in [0, 0.1) is 13.8 Å². The normalized spacial score (nSPS) is 12.1. The molecule has 0 saturated carbocycles. The Kier molecular flexibility index (Phi) is 6.63. The number of nitrogens with zero attached hydrogens (tertiary/aromatic N) is 2. The van der Waals surface area contributed by atoms with E-state index in [-0.39, 0.29) is 17.0 Å². The maximum Gasteiger partial charge on any atom is 0.337 e. The van der Waals surface area contributed by atoms with Gasteiger partial charge >= 0.3 is 5.97 Å². The number of aromatic carboxylic acids is 1. The quantitative estimate of drug-likeness (QED) is 0.219. The summed E-state index contributed by atoms with van der Waals surface area (Å²) in [5.41, 5.74) is 6.08. The van der Waals surface area contributed by atoms with E-state index in [0.717, 1.165) is 33.2 Å². The number of aromatic nitrogens is 2. The summed E-state index contributed by atoms with van der Waals surface area (Å²) in [6.45, 7) is 6.31. The number of anilines is 1. The molecule has 0 aliphatic heterocycles. The average molecular weight is 544 g/mol. The Labute approximate surface area is 236 Å². The second-order valence-corrected chi connectivity index (χ2v) is 10.4. The molecule has 2 heterocycles. The van der Waals surface area contributed by atoms with Crippen molar-refractivity contribution in [2.24, 2.45) is 0 Å². The Morgan fingerprint density at radius 2 is 1.76 bits per heavy atom. The summed E-state index contributed by atoms with van der Waals surface area (Å²) in [7, 11) is 0. The van der Waals surface area contributed by atoms with Crippen molar-refractivity contribution in [3.63, 3.8) is 0 Å². The third-order valence-corrected chi connectivity index (χ3v) is 7.39. The van der Waals surface area contributed by atoms with E-state index >= 15 is 0 Å². The number of hydrogen-bond acceptors (Lipinski definition) is 5. The first-order valence-corrected chi connectivity index (χ1v) is 13.5. The lowest BCUT2D eigenvalue weighted by Crippen LogP contribution is -2.14. The predicted octanol–water partition coefficient (Wildman–Crippen LogP) is 7.35. The van der Waals surface area contributed by atoms with Crippen LogP contribution in [-0.2, 0) is 6.54 Å². The molecule has 2 N–H and O–H groups in total. The van der Waals surface area contributed by atoms with E-state index in [1.54, 1.807) is 31.2 Å². The molecule has 7 heteroatoms. The number of carboxylic acid groups (broad SMARTS) is 1. The van der Waals surface area contributed by atoms with Crippen LogP contribution in [0.3, 0.4) is 0 Å². The van der Waals surface area contributed by atoms with Gasteiger partial charge in [-0.1, -0.05) is 48.5 Å². The number of benzene rings is 4. The molecule has 0 amide bonds. The van der Waals surface area contributed by atoms with E-state index in [1.165, 1.54) is 0 Å². The Morgan fingerprint density at radius 1 is 1.00 bits per heavy atom. The molecule has 7 nitrogen and oxygen atoms in total. The standard InChI is InChI=1S/C34H29N3O4/c1-20-15-27(22(3)35-30-12-8-7-11-26(30)34(39)40)33-28(16-20)31(38)21(2)32(41-33)24-13-14-29-25(17-24)19-37(36-29)18-23-9-5-4-6-10-23/h4-17,19,22,35H,18H2,1-3H3,(H,39,40). The predicted molar refractivity (Wildman–Crippen MR) is 162 cm³/mol. The number of fused-ring (bicyclic) bond motifs is 2. The molecule has 0 spiro atoms. The maximum atomic E-state index is 13.6. The average Bonchev–Trinajstić information content (AvgIpc) is 3.37. The van der Waals surface area contributed by atoms with Gasteiger partial charge in [-0.15, -0.1) is 0 Å². The van der Waals surface area contributed by atoms with E-state index < -0.39 is 5.97 Å². The fourth-order valence-corrected chi connectivity index (χ4v) is 5.34. The van der Waals surface area contributed by atoms with Gasteiger partial charge in [-0.05, 0) is 68.3 Å². The van der Waals surface area contributed by atoms with Crippen molar-refractivity contribution in [2.75, 3.05) is 5.32 Å². The minimum Gasteiger partial charge on any atom is -0.478 e. The van der Waals surface area contributed by atoms with Crippen molar-refractivity contribution in [2.45, 2.75) is 33.4 Å². The second kappa shape index (κ2) is 10.4. The van der Waals surface area contributed by atoms with Gasteiger partial charge in [0.25, 0.3) is 0 Å². The Morgan fingerprint density at radius 3 is 2.54 bits per heavy atom. The molecular weight excluding hydrogens is 514 g/mol. The van der Waals surface area contributed by atoms with E-state index in [0.29, 0.717) is 34.5 Å². The van der Waals surface area contributed by atoms with Crippen LogP contribution in [0.25, 0.3) is 33.2 Å². The first-order chi connectivity index (χ1) is 19.8. The number of carbonyl (C=O) groups is 1. The highest BCUT2D eigenvalue weighted by molar-refractivity contribution is 5.94. The van der Waals surface area contributed by atoms with Crippen molar-refractivity contribution in [1.29, 1.82) is 0 Å². The summed E-state index contributed by atoms with van der Waals surface area (Å²) in [5.74, 6) is -0.509. The number of nitrogens with one attached hydrogen (secondary N) is 1. The maximum absolute atomic E-state index is 13.6. The molecule has 0 saturated heterocycles. The highest BCUT2D eigenvalue weighted by atomic mass is 16.4. The largest absolute Gasteiger partial charge is 0.478 e. The van der Waals surface area contributed by atoms with Gasteiger partial charge in [0.15, 0.2) is 5.43 Å². The Hall–Kier alpha value is -5.17. The lowest BCUT2D eigenvalue weighted by atomic mass is 9.98. The summed E-state index contributed by atoms with van der Waals surface area (Å²) in [5, 5.41) is 19.1. The summed E-state index contributed by atoms with van der Waals surface area (Å²) in [4.78, 5) is 25.4. The SMILES string of the molecule is Cc1cc(C(C)Nc2ccccc2C(=O)O)c2oc(-c3ccc4nn(Cc5ccccc5)cc4c3)c(C)c(=O)c2c1. The van der Waals surface area contributed by atoms with E-state index in [2.05, 4.69) is 17.4 Å². The zero-order chi connectivity index (χ0) is 28.7. The number of rotatable bonds is 7. The van der Waals surface area contributed by atoms with Crippen molar-refractivity contribution >= 4 is 33.5 Å². The third-order valence-electron chi connectivity index (χ3n) is 7.39. The fourth-order valence-electron chi connectivity index (χ4n) is 5.34. The third kappa shape index (κ3) is 4.98. The molecule has 0 aliphatic rings. The minimum absolute atomic E-state index is 0.0933. The van der Waals surface area contributed by atoms with E-state index in [9.17, 15) is 14.7 Å². The molecule has 2 aromatic heterocycles. The van der Waals surface area contributed by atoms with Crippen molar-refractivity contribution in [3.05, 3.63) is 129 Å². The lowest BCUT2D eigenvalue weighted by Gasteiger charge is -2.20. The molecule has 0 aliphatic carbocycles. The van der Waals surface area contributed by atoms with Gasteiger partial charge in [-0.25, -0.2) is 4.79 Å². The molecule has 6 aromatic rings. The molecule has 41 heavy (non-hydrogen) atoms. The molecule has 0 radical (unpaired) electrons. The molecule has 204 valence electrons. The van der Waals surface area contributed by atoms with Crippen LogP contribution in [-0.4, -0.2) is 20.9 Å². The number of hydrogen-bond donors (Lipinski definition) is 2. The molecule has 0 bridgehead atoms. The molecule has 1 unspecified atom stereocenters. The van der Waals surface area contributed by atoms with Gasteiger partial charge in [0.05, 0.1) is 29.1 Å². The zero-order valence-corrected chi connectivity index (χ0v) is 23.0. The number of aryl methyl sites for hydroxylation is 1. The Balaban J connectivity index is 1.43. The lowest BCUT2D eigenvalue weighted by molar-refractivity contribution is 0.0698. The first kappa shape index (κ1) is 26.1. The van der Waals surface area contributed by atoms with Crippen LogP contribution in [0.1, 0.15) is 45.6 Å². The van der Waals surface area contributed by atoms with Crippen LogP contribution >= 0.6 is 0 Å². The smallest absolute Gasteiger partial charge is 0.337 e. The number of carboxylic acids is 1. The monoisotopic (exact) mass is 543 g/mol. The topological polar surface area (TPSA) is 97.4 Å². The first-order valence-electron chi connectivity index (χ1n) is 13.5. The van der Waals surface area contributed by atoms with Crippen LogP contribution in [0.4, 0.5) is 5.69 Å². The summed E-state index contributed by atoms with van der Waals surface area (Å²) < 4.78 is 8.46. The molecule has 0 fully saturated rings. The highest BCUT2D eigenvalue weighted by Gasteiger charge is 2.20. The Bertz CT molecular complexity index is 1990. The fraction of sp³-hybridized carbons (Fsp3) is 0.147. The van der Waals surface area contributed by atoms with Crippen LogP contribution in [0.15, 0.2) is 100 Å². The zero-order valence-electron chi connectivity index (χ0n) is 23.0. The summed E-state index contributed by atoms with van der Waals surface area (Å²) in [6, 6.07) is 26.3. The van der Waals surface area contributed by atoms with Crippen molar-refractivity contribution in [1.82, 2.24) is 9.78 Å². The summed E-state index contributed by atoms with van der Waals surface area (Å²) in [6.07, 6.45) is 2.00. The molecule has 6 rings (SSSR count). The molecule has 1 atom stereocenters. The minimum atomic E-state index is -1.01. The number of para-hydroxylation sites is 1. The van der Waals surface area contributed by atoms with Gasteiger partial charge in [-0.2, -0.15) is 5.10 Å². The molecular formula is C34H29N3O4. The van der Waals surface area contributed by atoms with Gasteiger partial charge in [0.1, 0.15) is 11.3 Å². The van der Waals surface area contributed by atoms with Crippen LogP contribution in [0.5, 0.6) is 0 Å². The summed E-state index contributed by atoms with van der Waals surface area (Å²) >= 11 is 0. The highest BCUT2D eigenvalue weighted by Crippen LogP contribution is 2.33.